The van der Waals surface area contributed by atoms with Crippen molar-refractivity contribution < 1.29 is 9.18 Å². The molecule has 0 spiro atoms. The van der Waals surface area contributed by atoms with Crippen molar-refractivity contribution in [3.63, 3.8) is 0 Å². The Morgan fingerprint density at radius 2 is 2.03 bits per heavy atom. The van der Waals surface area contributed by atoms with Gasteiger partial charge in [0, 0.05) is 43.3 Å². The summed E-state index contributed by atoms with van der Waals surface area (Å²) in [6.45, 7) is 1.37. The fraction of sp³-hybridized carbons (Fsp3) is 0.150. The lowest BCUT2D eigenvalue weighted by atomic mass is 10.1. The van der Waals surface area contributed by atoms with Gasteiger partial charge in [-0.25, -0.2) is 23.7 Å². The van der Waals surface area contributed by atoms with Gasteiger partial charge in [-0.05, 0) is 18.2 Å². The molecule has 10 nitrogen and oxygen atoms in total. The summed E-state index contributed by atoms with van der Waals surface area (Å²) < 4.78 is 17.9. The van der Waals surface area contributed by atoms with Crippen LogP contribution in [0.1, 0.15) is 19.2 Å². The number of aromatic nitrogens is 7. The van der Waals surface area contributed by atoms with Gasteiger partial charge in [0.1, 0.15) is 17.8 Å². The molecule has 1 aromatic carbocycles. The van der Waals surface area contributed by atoms with E-state index in [0.717, 1.165) is 5.82 Å². The van der Waals surface area contributed by atoms with Gasteiger partial charge in [-0.1, -0.05) is 12.1 Å². The van der Waals surface area contributed by atoms with Crippen LogP contribution in [0, 0.1) is 5.82 Å². The molecule has 3 aromatic heterocycles. The number of rotatable bonds is 3. The van der Waals surface area contributed by atoms with E-state index < -0.39 is 5.82 Å². The average Bonchev–Trinajstić information content (AvgIpc) is 3.40. The molecule has 0 saturated heterocycles. The van der Waals surface area contributed by atoms with Gasteiger partial charge in [0.25, 0.3) is 0 Å². The van der Waals surface area contributed by atoms with Crippen molar-refractivity contribution >= 4 is 17.7 Å². The number of nitrogens with one attached hydrogen (secondary N) is 1. The maximum atomic E-state index is 14.6. The first-order chi connectivity index (χ1) is 15.1. The second-order valence-corrected chi connectivity index (χ2v) is 6.87. The Kier molecular flexibility index (Phi) is 4.54. The normalized spacial score (nSPS) is 12.9. The zero-order chi connectivity index (χ0) is 21.4. The van der Waals surface area contributed by atoms with Crippen LogP contribution in [-0.4, -0.2) is 46.4 Å². The number of amides is 1. The number of fused-ring (bicyclic) bond motifs is 1. The molecule has 1 aliphatic heterocycles. The smallest absolute Gasteiger partial charge is 0.229 e. The minimum absolute atomic E-state index is 0.154. The van der Waals surface area contributed by atoms with Crippen LogP contribution in [0.2, 0.25) is 0 Å². The third kappa shape index (κ3) is 3.56. The fourth-order valence-corrected chi connectivity index (χ4v) is 3.33. The van der Waals surface area contributed by atoms with Crippen LogP contribution < -0.4 is 5.32 Å². The van der Waals surface area contributed by atoms with Crippen molar-refractivity contribution in [2.45, 2.75) is 19.8 Å². The topological polar surface area (TPSA) is 116 Å². The molecule has 0 bridgehead atoms. The lowest BCUT2D eigenvalue weighted by Crippen LogP contribution is -2.20. The first kappa shape index (κ1) is 18.7. The summed E-state index contributed by atoms with van der Waals surface area (Å²) in [4.78, 5) is 19.9. The molecule has 4 heterocycles. The van der Waals surface area contributed by atoms with E-state index in [4.69, 9.17) is 0 Å². The summed E-state index contributed by atoms with van der Waals surface area (Å²) in [5.41, 5.74) is 1.81. The average molecular weight is 417 g/mol. The van der Waals surface area contributed by atoms with Crippen molar-refractivity contribution in [3.05, 3.63) is 60.7 Å². The fourth-order valence-electron chi connectivity index (χ4n) is 3.33. The van der Waals surface area contributed by atoms with Gasteiger partial charge < -0.3 is 0 Å². The summed E-state index contributed by atoms with van der Waals surface area (Å²) in [6.07, 6.45) is 6.05. The summed E-state index contributed by atoms with van der Waals surface area (Å²) in [7, 11) is 0. The highest BCUT2D eigenvalue weighted by atomic mass is 19.1. The monoisotopic (exact) mass is 417 g/mol. The minimum atomic E-state index is -0.406. The number of hydrogen-bond donors (Lipinski definition) is 1. The van der Waals surface area contributed by atoms with Crippen LogP contribution in [0.3, 0.4) is 0 Å². The highest BCUT2D eigenvalue weighted by molar-refractivity contribution is 5.89. The number of anilines is 1. The lowest BCUT2D eigenvalue weighted by Gasteiger charge is -2.11. The van der Waals surface area contributed by atoms with E-state index in [1.807, 2.05) is 0 Å². The van der Waals surface area contributed by atoms with E-state index >= 15 is 0 Å². The van der Waals surface area contributed by atoms with Crippen molar-refractivity contribution in [2.75, 3.05) is 5.32 Å². The predicted octanol–water partition coefficient (Wildman–Crippen LogP) is 2.35. The molecule has 0 fully saturated rings. The largest absolute Gasteiger partial charge is 0.295 e. The summed E-state index contributed by atoms with van der Waals surface area (Å²) in [5.74, 6) is 0.884. The maximum absolute atomic E-state index is 14.6. The number of aryl methyl sites for hydroxylation is 1. The summed E-state index contributed by atoms with van der Waals surface area (Å²) in [6, 6.07) is 8.07. The Morgan fingerprint density at radius 1 is 1.16 bits per heavy atom. The number of carbonyl (C=O) groups excluding carboxylic acids is 1. The molecule has 154 valence electrons. The molecule has 11 heteroatoms. The summed E-state index contributed by atoms with van der Waals surface area (Å²) in [5, 5.41) is 19.6. The summed E-state index contributed by atoms with van der Waals surface area (Å²) >= 11 is 0. The standard InChI is InChI=1S/C20H16FN9O/c1-12(31)24-20-22-9-8-16(25-20)14-10-29(18-7-6-17-26-23-11-30(17)27-18)28-19(14)13-4-2-3-5-15(13)21/h2-5,8-11H,6-7H2,1H3,(H,22,24,25,31). The van der Waals surface area contributed by atoms with Gasteiger partial charge in [-0.3, -0.25) is 10.1 Å². The highest BCUT2D eigenvalue weighted by Crippen LogP contribution is 2.32. The Bertz CT molecular complexity index is 1320. The molecule has 1 N–H and O–H groups in total. The van der Waals surface area contributed by atoms with E-state index in [-0.39, 0.29) is 11.9 Å². The van der Waals surface area contributed by atoms with Crippen molar-refractivity contribution in [1.82, 2.24) is 34.6 Å². The highest BCUT2D eigenvalue weighted by Gasteiger charge is 2.22. The van der Waals surface area contributed by atoms with Gasteiger partial charge in [-0.2, -0.15) is 10.2 Å². The molecule has 0 aliphatic carbocycles. The Hall–Kier alpha value is -4.28. The van der Waals surface area contributed by atoms with E-state index in [9.17, 15) is 9.18 Å². The van der Waals surface area contributed by atoms with Gasteiger partial charge in [0.2, 0.25) is 11.9 Å². The van der Waals surface area contributed by atoms with Crippen LogP contribution >= 0.6 is 0 Å². The van der Waals surface area contributed by atoms with Crippen LogP contribution in [0.5, 0.6) is 0 Å². The first-order valence-corrected chi connectivity index (χ1v) is 9.51. The second kappa shape index (κ2) is 7.52. The van der Waals surface area contributed by atoms with E-state index in [0.29, 0.717) is 41.2 Å². The van der Waals surface area contributed by atoms with Gasteiger partial charge >= 0.3 is 0 Å². The van der Waals surface area contributed by atoms with Crippen molar-refractivity contribution in [1.29, 1.82) is 0 Å². The third-order valence-electron chi connectivity index (χ3n) is 4.72. The quantitative estimate of drug-likeness (QED) is 0.547. The van der Waals surface area contributed by atoms with Crippen LogP contribution in [0.15, 0.2) is 54.2 Å². The molecule has 1 amide bonds. The van der Waals surface area contributed by atoms with E-state index in [1.54, 1.807) is 39.8 Å². The molecular weight excluding hydrogens is 401 g/mol. The number of hydrogen-bond acceptors (Lipinski definition) is 7. The van der Waals surface area contributed by atoms with E-state index in [1.165, 1.54) is 25.5 Å². The van der Waals surface area contributed by atoms with Crippen LogP contribution in [-0.2, 0) is 11.2 Å². The van der Waals surface area contributed by atoms with Gasteiger partial charge in [-0.15, -0.1) is 10.2 Å². The maximum Gasteiger partial charge on any atom is 0.229 e. The molecule has 0 radical (unpaired) electrons. The van der Waals surface area contributed by atoms with Gasteiger partial charge in [0.05, 0.1) is 5.69 Å². The molecular formula is C20H16FN9O. The number of carbonyl (C=O) groups is 1. The third-order valence-corrected chi connectivity index (χ3v) is 4.72. The van der Waals surface area contributed by atoms with Crippen molar-refractivity contribution in [2.24, 2.45) is 5.10 Å². The molecule has 31 heavy (non-hydrogen) atoms. The minimum Gasteiger partial charge on any atom is -0.295 e. The number of benzene rings is 1. The molecule has 0 unspecified atom stereocenters. The second-order valence-electron chi connectivity index (χ2n) is 6.87. The number of nitrogens with zero attached hydrogens (tertiary/aromatic N) is 8. The van der Waals surface area contributed by atoms with E-state index in [2.05, 4.69) is 35.7 Å². The molecule has 4 aromatic rings. The zero-order valence-corrected chi connectivity index (χ0v) is 16.4. The zero-order valence-electron chi connectivity index (χ0n) is 16.4. The molecule has 1 aliphatic rings. The lowest BCUT2D eigenvalue weighted by molar-refractivity contribution is -0.114. The van der Waals surface area contributed by atoms with Crippen molar-refractivity contribution in [3.8, 4) is 22.5 Å². The number of halogens is 1. The Morgan fingerprint density at radius 3 is 2.87 bits per heavy atom. The van der Waals surface area contributed by atoms with Gasteiger partial charge in [0.15, 0.2) is 11.7 Å². The van der Waals surface area contributed by atoms with Crippen LogP contribution in [0.4, 0.5) is 10.3 Å². The molecule has 5 rings (SSSR count). The Labute approximate surface area is 175 Å². The van der Waals surface area contributed by atoms with Crippen LogP contribution in [0.25, 0.3) is 22.5 Å². The molecule has 0 atom stereocenters. The molecule has 0 saturated carbocycles. The Balaban J connectivity index is 1.65. The first-order valence-electron chi connectivity index (χ1n) is 9.51. The predicted molar refractivity (Wildman–Crippen MR) is 110 cm³/mol. The SMILES string of the molecule is CC(=O)Nc1nccc(-c2cn(C3=Nn4cnnc4CC3)nc2-c2ccccc2F)n1.